The molecule has 6 nitrogen and oxygen atoms in total. The molecule has 0 aliphatic carbocycles. The summed E-state index contributed by atoms with van der Waals surface area (Å²) < 4.78 is 15.9. The first-order chi connectivity index (χ1) is 13.0. The number of benzene rings is 1. The number of rotatable bonds is 11. The highest BCUT2D eigenvalue weighted by Crippen LogP contribution is 2.38. The molecule has 0 amide bonds. The molecular formula is C21H28O6. The molecule has 0 unspecified atom stereocenters. The van der Waals surface area contributed by atoms with Crippen LogP contribution in [0.3, 0.4) is 0 Å². The summed E-state index contributed by atoms with van der Waals surface area (Å²) in [7, 11) is 0. The number of phenols is 1. The highest BCUT2D eigenvalue weighted by molar-refractivity contribution is 5.91. The zero-order valence-corrected chi connectivity index (χ0v) is 16.1. The molecule has 27 heavy (non-hydrogen) atoms. The van der Waals surface area contributed by atoms with Gasteiger partial charge in [-0.15, -0.1) is 0 Å². The molecule has 0 spiro atoms. The lowest BCUT2D eigenvalue weighted by atomic mass is 10.1. The van der Waals surface area contributed by atoms with Crippen molar-refractivity contribution < 1.29 is 23.8 Å². The number of hydrogen-bond acceptors (Lipinski definition) is 6. The van der Waals surface area contributed by atoms with Crippen molar-refractivity contribution >= 4 is 16.9 Å². The SMILES string of the molecule is CCCCCCCCCCOc1c(OC(C)=O)c(=O)oc2cccc(O)c12. The van der Waals surface area contributed by atoms with Crippen LogP contribution in [0.5, 0.6) is 17.2 Å². The summed E-state index contributed by atoms with van der Waals surface area (Å²) in [6.07, 6.45) is 9.22. The van der Waals surface area contributed by atoms with Gasteiger partial charge in [0.1, 0.15) is 16.7 Å². The van der Waals surface area contributed by atoms with Crippen LogP contribution in [0.15, 0.2) is 27.4 Å². The van der Waals surface area contributed by atoms with Crippen LogP contribution < -0.4 is 15.1 Å². The molecule has 1 heterocycles. The topological polar surface area (TPSA) is 86.0 Å². The molecule has 2 rings (SSSR count). The van der Waals surface area contributed by atoms with Crippen molar-refractivity contribution in [2.45, 2.75) is 65.2 Å². The van der Waals surface area contributed by atoms with Crippen LogP contribution in [-0.2, 0) is 4.79 Å². The first kappa shape index (κ1) is 20.8. The average Bonchev–Trinajstić information content (AvgIpc) is 2.62. The number of carbonyl (C=O) groups excluding carboxylic acids is 1. The van der Waals surface area contributed by atoms with Gasteiger partial charge in [0.15, 0.2) is 5.75 Å². The van der Waals surface area contributed by atoms with Gasteiger partial charge in [0.05, 0.1) is 6.61 Å². The van der Waals surface area contributed by atoms with Crippen LogP contribution in [0.4, 0.5) is 0 Å². The number of aromatic hydroxyl groups is 1. The third-order valence-corrected chi connectivity index (χ3v) is 4.32. The maximum atomic E-state index is 12.2. The summed E-state index contributed by atoms with van der Waals surface area (Å²) in [5, 5.41) is 10.4. The van der Waals surface area contributed by atoms with Crippen molar-refractivity contribution in [2.75, 3.05) is 6.61 Å². The number of unbranched alkanes of at least 4 members (excludes halogenated alkanes) is 7. The number of carbonyl (C=O) groups is 1. The Morgan fingerprint density at radius 3 is 2.37 bits per heavy atom. The number of hydrogen-bond donors (Lipinski definition) is 1. The van der Waals surface area contributed by atoms with Crippen molar-refractivity contribution in [2.24, 2.45) is 0 Å². The molecule has 0 fully saturated rings. The fraction of sp³-hybridized carbons (Fsp3) is 0.524. The lowest BCUT2D eigenvalue weighted by Crippen LogP contribution is -2.14. The molecule has 0 saturated heterocycles. The van der Waals surface area contributed by atoms with E-state index in [0.29, 0.717) is 6.61 Å². The van der Waals surface area contributed by atoms with E-state index in [-0.39, 0.29) is 28.2 Å². The van der Waals surface area contributed by atoms with Gasteiger partial charge in [0.2, 0.25) is 0 Å². The lowest BCUT2D eigenvalue weighted by molar-refractivity contribution is -0.132. The monoisotopic (exact) mass is 376 g/mol. The second kappa shape index (κ2) is 10.6. The molecule has 0 radical (unpaired) electrons. The van der Waals surface area contributed by atoms with E-state index in [1.54, 1.807) is 12.1 Å². The quantitative estimate of drug-likeness (QED) is 0.339. The minimum absolute atomic E-state index is 0.0532. The second-order valence-electron chi connectivity index (χ2n) is 6.62. The molecule has 0 bridgehead atoms. The second-order valence-corrected chi connectivity index (χ2v) is 6.62. The van der Waals surface area contributed by atoms with Gasteiger partial charge in [-0.2, -0.15) is 0 Å². The largest absolute Gasteiger partial charge is 0.507 e. The molecule has 6 heteroatoms. The first-order valence-electron chi connectivity index (χ1n) is 9.64. The Bertz CT molecular complexity index is 808. The summed E-state index contributed by atoms with van der Waals surface area (Å²) in [5.74, 6) is -1.03. The Hall–Kier alpha value is -2.50. The van der Waals surface area contributed by atoms with Crippen molar-refractivity contribution in [1.82, 2.24) is 0 Å². The van der Waals surface area contributed by atoms with E-state index in [2.05, 4.69) is 6.92 Å². The molecule has 148 valence electrons. The Balaban J connectivity index is 2.05. The maximum absolute atomic E-state index is 12.2. The van der Waals surface area contributed by atoms with Crippen LogP contribution >= 0.6 is 0 Å². The van der Waals surface area contributed by atoms with Crippen molar-refractivity contribution in [1.29, 1.82) is 0 Å². The molecular weight excluding hydrogens is 348 g/mol. The van der Waals surface area contributed by atoms with Crippen molar-refractivity contribution in [3.05, 3.63) is 28.6 Å². The summed E-state index contributed by atoms with van der Waals surface area (Å²) in [4.78, 5) is 23.5. The lowest BCUT2D eigenvalue weighted by Gasteiger charge is -2.13. The first-order valence-corrected chi connectivity index (χ1v) is 9.64. The summed E-state index contributed by atoms with van der Waals surface area (Å²) in [6, 6.07) is 4.58. The van der Waals surface area contributed by atoms with E-state index in [1.165, 1.54) is 45.1 Å². The fourth-order valence-corrected chi connectivity index (χ4v) is 2.96. The third kappa shape index (κ3) is 6.01. The third-order valence-electron chi connectivity index (χ3n) is 4.32. The Labute approximate surface area is 159 Å². The highest BCUT2D eigenvalue weighted by Gasteiger charge is 2.21. The van der Waals surface area contributed by atoms with Crippen LogP contribution in [-0.4, -0.2) is 17.7 Å². The minimum Gasteiger partial charge on any atom is -0.507 e. The van der Waals surface area contributed by atoms with Crippen molar-refractivity contribution in [3.63, 3.8) is 0 Å². The molecule has 2 aromatic rings. The molecule has 0 aliphatic rings. The number of phenolic OH excluding ortho intramolecular Hbond substituents is 1. The van der Waals surface area contributed by atoms with Gasteiger partial charge < -0.3 is 19.0 Å². The molecule has 1 aromatic carbocycles. The molecule has 1 N–H and O–H groups in total. The predicted octanol–water partition coefficient (Wildman–Crippen LogP) is 4.94. The van der Waals surface area contributed by atoms with Crippen LogP contribution in [0.2, 0.25) is 0 Å². The Morgan fingerprint density at radius 1 is 1.04 bits per heavy atom. The maximum Gasteiger partial charge on any atom is 0.383 e. The van der Waals surface area contributed by atoms with Gasteiger partial charge in [-0.25, -0.2) is 4.79 Å². The van der Waals surface area contributed by atoms with E-state index >= 15 is 0 Å². The van der Waals surface area contributed by atoms with E-state index in [9.17, 15) is 14.7 Å². The standard InChI is InChI=1S/C21H28O6/c1-3-4-5-6-7-8-9-10-14-25-19-18-16(23)12-11-13-17(18)27-21(24)20(19)26-15(2)22/h11-13,23H,3-10,14H2,1-2H3. The van der Waals surface area contributed by atoms with Gasteiger partial charge in [0, 0.05) is 6.92 Å². The molecule has 0 aliphatic heterocycles. The van der Waals surface area contributed by atoms with E-state index in [0.717, 1.165) is 19.3 Å². The van der Waals surface area contributed by atoms with Crippen molar-refractivity contribution in [3.8, 4) is 17.2 Å². The highest BCUT2D eigenvalue weighted by atomic mass is 16.6. The van der Waals surface area contributed by atoms with Gasteiger partial charge in [-0.1, -0.05) is 57.9 Å². The molecule has 1 aromatic heterocycles. The normalized spacial score (nSPS) is 10.9. The molecule has 0 saturated carbocycles. The number of ether oxygens (including phenoxy) is 2. The fourth-order valence-electron chi connectivity index (χ4n) is 2.96. The number of esters is 1. The van der Waals surface area contributed by atoms with E-state index in [1.807, 2.05) is 0 Å². The Morgan fingerprint density at radius 2 is 1.70 bits per heavy atom. The van der Waals surface area contributed by atoms with Crippen LogP contribution in [0, 0.1) is 0 Å². The minimum atomic E-state index is -0.811. The summed E-state index contributed by atoms with van der Waals surface area (Å²) >= 11 is 0. The van der Waals surface area contributed by atoms with Crippen LogP contribution in [0.25, 0.3) is 11.0 Å². The van der Waals surface area contributed by atoms with Crippen LogP contribution in [0.1, 0.15) is 65.2 Å². The average molecular weight is 376 g/mol. The number of fused-ring (bicyclic) bond motifs is 1. The summed E-state index contributed by atoms with van der Waals surface area (Å²) in [5.41, 5.74) is -0.629. The van der Waals surface area contributed by atoms with Gasteiger partial charge >= 0.3 is 11.6 Å². The van der Waals surface area contributed by atoms with Gasteiger partial charge in [-0.05, 0) is 18.6 Å². The zero-order chi connectivity index (χ0) is 19.6. The van der Waals surface area contributed by atoms with Gasteiger partial charge in [0.25, 0.3) is 5.75 Å². The Kier molecular flexibility index (Phi) is 8.17. The molecule has 0 atom stereocenters. The van der Waals surface area contributed by atoms with Gasteiger partial charge in [-0.3, -0.25) is 4.79 Å². The smallest absolute Gasteiger partial charge is 0.383 e. The van der Waals surface area contributed by atoms with E-state index in [4.69, 9.17) is 13.9 Å². The summed E-state index contributed by atoms with van der Waals surface area (Å²) in [6.45, 7) is 3.75. The van der Waals surface area contributed by atoms with E-state index < -0.39 is 11.6 Å². The zero-order valence-electron chi connectivity index (χ0n) is 16.1. The predicted molar refractivity (Wildman–Crippen MR) is 104 cm³/mol.